The van der Waals surface area contributed by atoms with Gasteiger partial charge in [0.05, 0.1) is 22.6 Å². The Bertz CT molecular complexity index is 721. The molecule has 0 N–H and O–H groups in total. The van der Waals surface area contributed by atoms with E-state index in [0.717, 1.165) is 36.6 Å². The molecule has 5 heteroatoms. The van der Waals surface area contributed by atoms with Crippen molar-refractivity contribution in [3.8, 4) is 5.69 Å². The number of rotatable bonds is 2. The highest BCUT2D eigenvalue weighted by molar-refractivity contribution is 5.96. The highest BCUT2D eigenvalue weighted by atomic mass is 19.1. The van der Waals surface area contributed by atoms with E-state index in [4.69, 9.17) is 0 Å². The molecule has 1 atom stereocenters. The number of aromatic nitrogens is 2. The quantitative estimate of drug-likeness (QED) is 0.850. The summed E-state index contributed by atoms with van der Waals surface area (Å²) in [4.78, 5) is 14.8. The summed E-state index contributed by atoms with van der Waals surface area (Å²) in [6.45, 7) is 7.54. The Kier molecular flexibility index (Phi) is 4.20. The third kappa shape index (κ3) is 3.00. The molecule has 0 saturated carbocycles. The number of carbonyl (C=O) groups is 1. The summed E-state index contributed by atoms with van der Waals surface area (Å²) in [5.41, 5.74) is 2.95. The van der Waals surface area contributed by atoms with E-state index >= 15 is 0 Å². The predicted octanol–water partition coefficient (Wildman–Crippen LogP) is 3.50. The maximum absolute atomic E-state index is 13.1. The van der Waals surface area contributed by atoms with Crippen molar-refractivity contribution in [2.45, 2.75) is 33.6 Å². The van der Waals surface area contributed by atoms with Crippen molar-refractivity contribution in [1.82, 2.24) is 14.7 Å². The number of hydrogen-bond acceptors (Lipinski definition) is 2. The van der Waals surface area contributed by atoms with Gasteiger partial charge in [-0.2, -0.15) is 5.10 Å². The number of carbonyl (C=O) groups excluding carboxylic acids is 1. The van der Waals surface area contributed by atoms with Crippen LogP contribution in [0.15, 0.2) is 24.3 Å². The van der Waals surface area contributed by atoms with Gasteiger partial charge in [-0.15, -0.1) is 0 Å². The average Bonchev–Trinajstić information content (AvgIpc) is 2.82. The first-order valence-electron chi connectivity index (χ1n) is 8.09. The van der Waals surface area contributed by atoms with Crippen LogP contribution in [0.3, 0.4) is 0 Å². The Labute approximate surface area is 135 Å². The molecule has 1 aliphatic heterocycles. The highest BCUT2D eigenvalue weighted by Gasteiger charge is 2.27. The molecule has 4 nitrogen and oxygen atoms in total. The van der Waals surface area contributed by atoms with Gasteiger partial charge in [0, 0.05) is 13.1 Å². The van der Waals surface area contributed by atoms with Crippen molar-refractivity contribution < 1.29 is 9.18 Å². The van der Waals surface area contributed by atoms with Crippen molar-refractivity contribution in [1.29, 1.82) is 0 Å². The van der Waals surface area contributed by atoms with E-state index in [9.17, 15) is 9.18 Å². The first-order valence-corrected chi connectivity index (χ1v) is 8.09. The molecular weight excluding hydrogens is 293 g/mol. The number of nitrogens with zero attached hydrogens (tertiary/aromatic N) is 3. The topological polar surface area (TPSA) is 38.1 Å². The summed E-state index contributed by atoms with van der Waals surface area (Å²) in [7, 11) is 0. The number of hydrogen-bond donors (Lipinski definition) is 0. The summed E-state index contributed by atoms with van der Waals surface area (Å²) < 4.78 is 14.8. The van der Waals surface area contributed by atoms with E-state index in [1.807, 2.05) is 18.7 Å². The van der Waals surface area contributed by atoms with E-state index in [2.05, 4.69) is 12.0 Å². The molecule has 1 amide bonds. The minimum absolute atomic E-state index is 0.0555. The van der Waals surface area contributed by atoms with Crippen LogP contribution in [0.2, 0.25) is 0 Å². The standard InChI is InChI=1S/C18H22FN3O/c1-12-5-4-10-21(11-12)18(23)17-13(2)20-22(14(17)3)16-8-6-15(19)7-9-16/h6-9,12H,4-5,10-11H2,1-3H3. The van der Waals surface area contributed by atoms with Crippen LogP contribution in [0.5, 0.6) is 0 Å². The lowest BCUT2D eigenvalue weighted by Crippen LogP contribution is -2.39. The lowest BCUT2D eigenvalue weighted by atomic mass is 9.99. The van der Waals surface area contributed by atoms with Gasteiger partial charge in [-0.3, -0.25) is 4.79 Å². The molecule has 1 aliphatic rings. The lowest BCUT2D eigenvalue weighted by molar-refractivity contribution is 0.0681. The van der Waals surface area contributed by atoms with Crippen molar-refractivity contribution in [3.63, 3.8) is 0 Å². The van der Waals surface area contributed by atoms with Crippen molar-refractivity contribution in [2.24, 2.45) is 5.92 Å². The molecule has 23 heavy (non-hydrogen) atoms. The zero-order valence-electron chi connectivity index (χ0n) is 13.8. The van der Waals surface area contributed by atoms with Crippen molar-refractivity contribution in [3.05, 3.63) is 47.0 Å². The summed E-state index contributed by atoms with van der Waals surface area (Å²) >= 11 is 0. The molecule has 0 aliphatic carbocycles. The molecule has 122 valence electrons. The van der Waals surface area contributed by atoms with Crippen molar-refractivity contribution >= 4 is 5.91 Å². The molecule has 1 unspecified atom stereocenters. The average molecular weight is 315 g/mol. The van der Waals surface area contributed by atoms with Gasteiger partial charge in [-0.1, -0.05) is 6.92 Å². The molecule has 0 radical (unpaired) electrons. The fraction of sp³-hybridized carbons (Fsp3) is 0.444. The Hall–Kier alpha value is -2.17. The Morgan fingerprint density at radius 3 is 2.61 bits per heavy atom. The van der Waals surface area contributed by atoms with Gasteiger partial charge >= 0.3 is 0 Å². The maximum atomic E-state index is 13.1. The molecule has 1 aromatic heterocycles. The van der Waals surface area contributed by atoms with E-state index in [1.165, 1.54) is 18.6 Å². The fourth-order valence-corrected chi connectivity index (χ4v) is 3.32. The summed E-state index contributed by atoms with van der Waals surface area (Å²) in [5.74, 6) is 0.314. The van der Waals surface area contributed by atoms with Gasteiger partial charge in [0.1, 0.15) is 5.82 Å². The van der Waals surface area contributed by atoms with Crippen LogP contribution < -0.4 is 0 Å². The Morgan fingerprint density at radius 1 is 1.26 bits per heavy atom. The Balaban J connectivity index is 1.94. The SMILES string of the molecule is Cc1nn(-c2ccc(F)cc2)c(C)c1C(=O)N1CCCC(C)C1. The van der Waals surface area contributed by atoms with Crippen molar-refractivity contribution in [2.75, 3.05) is 13.1 Å². The third-order valence-corrected chi connectivity index (χ3v) is 4.52. The van der Waals surface area contributed by atoms with Gasteiger partial charge in [0.15, 0.2) is 0 Å². The minimum atomic E-state index is -0.283. The van der Waals surface area contributed by atoms with Crippen LogP contribution in [0, 0.1) is 25.6 Å². The van der Waals surface area contributed by atoms with E-state index in [-0.39, 0.29) is 11.7 Å². The molecule has 2 aromatic rings. The molecule has 3 rings (SSSR count). The van der Waals surface area contributed by atoms with Crippen LogP contribution in [-0.2, 0) is 0 Å². The molecular formula is C18H22FN3O. The number of piperidine rings is 1. The van der Waals surface area contributed by atoms with Gasteiger partial charge in [-0.25, -0.2) is 9.07 Å². The van der Waals surface area contributed by atoms with Gasteiger partial charge in [0.2, 0.25) is 0 Å². The zero-order valence-corrected chi connectivity index (χ0v) is 13.8. The van der Waals surface area contributed by atoms with E-state index < -0.39 is 0 Å². The molecule has 1 fully saturated rings. The van der Waals surface area contributed by atoms with Crippen LogP contribution in [0.25, 0.3) is 5.69 Å². The molecule has 1 saturated heterocycles. The second kappa shape index (κ2) is 6.14. The number of benzene rings is 1. The lowest BCUT2D eigenvalue weighted by Gasteiger charge is -2.31. The second-order valence-corrected chi connectivity index (χ2v) is 6.43. The largest absolute Gasteiger partial charge is 0.338 e. The number of amides is 1. The smallest absolute Gasteiger partial charge is 0.257 e. The summed E-state index contributed by atoms with van der Waals surface area (Å²) in [6, 6.07) is 6.15. The van der Waals surface area contributed by atoms with Crippen LogP contribution >= 0.6 is 0 Å². The third-order valence-electron chi connectivity index (χ3n) is 4.52. The summed E-state index contributed by atoms with van der Waals surface area (Å²) in [5, 5.41) is 4.49. The molecule has 0 bridgehead atoms. The second-order valence-electron chi connectivity index (χ2n) is 6.43. The van der Waals surface area contributed by atoms with E-state index in [1.54, 1.807) is 16.8 Å². The number of likely N-dealkylation sites (tertiary alicyclic amines) is 1. The molecule has 0 spiro atoms. The fourth-order valence-electron chi connectivity index (χ4n) is 3.32. The normalized spacial score (nSPS) is 18.3. The first kappa shape index (κ1) is 15.7. The van der Waals surface area contributed by atoms with Gasteiger partial charge in [-0.05, 0) is 56.9 Å². The minimum Gasteiger partial charge on any atom is -0.338 e. The highest BCUT2D eigenvalue weighted by Crippen LogP contribution is 2.23. The first-order chi connectivity index (χ1) is 11.0. The summed E-state index contributed by atoms with van der Waals surface area (Å²) in [6.07, 6.45) is 2.23. The predicted molar refractivity (Wildman–Crippen MR) is 87.3 cm³/mol. The van der Waals surface area contributed by atoms with Crippen LogP contribution in [-0.4, -0.2) is 33.7 Å². The van der Waals surface area contributed by atoms with Crippen LogP contribution in [0.4, 0.5) is 4.39 Å². The van der Waals surface area contributed by atoms with Gasteiger partial charge < -0.3 is 4.90 Å². The maximum Gasteiger partial charge on any atom is 0.257 e. The van der Waals surface area contributed by atoms with Crippen LogP contribution in [0.1, 0.15) is 41.5 Å². The number of aryl methyl sites for hydroxylation is 1. The number of halogens is 1. The molecule has 2 heterocycles. The van der Waals surface area contributed by atoms with Gasteiger partial charge in [0.25, 0.3) is 5.91 Å². The van der Waals surface area contributed by atoms with E-state index in [0.29, 0.717) is 11.5 Å². The zero-order chi connectivity index (χ0) is 16.6. The monoisotopic (exact) mass is 315 g/mol. The Morgan fingerprint density at radius 2 is 1.96 bits per heavy atom. The molecule has 1 aromatic carbocycles.